The van der Waals surface area contributed by atoms with Crippen molar-refractivity contribution < 1.29 is 18.0 Å². The highest BCUT2D eigenvalue weighted by Crippen LogP contribution is 2.20. The van der Waals surface area contributed by atoms with Gasteiger partial charge in [0.2, 0.25) is 11.7 Å². The second-order valence-electron chi connectivity index (χ2n) is 6.65. The summed E-state index contributed by atoms with van der Waals surface area (Å²) < 4.78 is 22.9. The first-order chi connectivity index (χ1) is 13.8. The molecule has 3 rings (SSSR count). The van der Waals surface area contributed by atoms with Gasteiger partial charge in [0.05, 0.1) is 16.3 Å². The second-order valence-corrected chi connectivity index (χ2v) is 9.84. The Morgan fingerprint density at radius 2 is 1.62 bits per heavy atom. The number of amides is 1. The molecular weight excluding hydrogens is 406 g/mol. The molecular formula is C22H21NO4S2. The zero-order valence-electron chi connectivity index (χ0n) is 15.9. The van der Waals surface area contributed by atoms with Crippen LogP contribution in [0.15, 0.2) is 71.6 Å². The molecule has 1 aromatic heterocycles. The topological polar surface area (TPSA) is 80.3 Å². The molecule has 0 aliphatic carbocycles. The molecule has 0 aliphatic rings. The molecule has 0 saturated heterocycles. The minimum absolute atomic E-state index is 0.0225. The molecule has 1 amide bonds. The van der Waals surface area contributed by atoms with Crippen molar-refractivity contribution in [3.8, 4) is 0 Å². The molecule has 2 aromatic carbocycles. The molecule has 5 nitrogen and oxygen atoms in total. The monoisotopic (exact) mass is 427 g/mol. The summed E-state index contributed by atoms with van der Waals surface area (Å²) in [6.07, 6.45) is 2.00. The van der Waals surface area contributed by atoms with E-state index in [4.69, 9.17) is 0 Å². The van der Waals surface area contributed by atoms with Crippen molar-refractivity contribution in [3.63, 3.8) is 0 Å². The Balaban J connectivity index is 1.49. The minimum Gasteiger partial charge on any atom is -0.351 e. The number of carbonyl (C=O) groups is 2. The molecule has 0 unspecified atom stereocenters. The summed E-state index contributed by atoms with van der Waals surface area (Å²) in [5, 5.41) is 2.86. The number of aryl methyl sites for hydroxylation is 1. The van der Waals surface area contributed by atoms with E-state index in [1.165, 1.54) is 17.6 Å². The van der Waals surface area contributed by atoms with Gasteiger partial charge in [-0.05, 0) is 36.2 Å². The van der Waals surface area contributed by atoms with Crippen LogP contribution in [-0.4, -0.2) is 26.4 Å². The Bertz CT molecular complexity index is 1100. The largest absolute Gasteiger partial charge is 0.351 e. The molecule has 0 bridgehead atoms. The first-order valence-corrected chi connectivity index (χ1v) is 11.8. The van der Waals surface area contributed by atoms with Crippen molar-refractivity contribution in [1.29, 1.82) is 0 Å². The van der Waals surface area contributed by atoms with Crippen LogP contribution in [0.5, 0.6) is 0 Å². The van der Waals surface area contributed by atoms with Gasteiger partial charge >= 0.3 is 0 Å². The third-order valence-electron chi connectivity index (χ3n) is 4.37. The third kappa shape index (κ3) is 5.85. The zero-order valence-corrected chi connectivity index (χ0v) is 17.6. The van der Waals surface area contributed by atoms with Crippen molar-refractivity contribution >= 4 is 32.9 Å². The fourth-order valence-corrected chi connectivity index (χ4v) is 4.30. The first-order valence-electron chi connectivity index (χ1n) is 9.07. The van der Waals surface area contributed by atoms with Crippen LogP contribution in [0.4, 0.5) is 0 Å². The number of carbonyl (C=O) groups excluding carboxylic acids is 2. The van der Waals surface area contributed by atoms with Crippen LogP contribution in [0.25, 0.3) is 0 Å². The van der Waals surface area contributed by atoms with Crippen LogP contribution in [0.1, 0.15) is 32.1 Å². The molecule has 0 fully saturated rings. The summed E-state index contributed by atoms with van der Waals surface area (Å²) in [5.41, 5.74) is 1.55. The predicted molar refractivity (Wildman–Crippen MR) is 114 cm³/mol. The molecule has 0 aliphatic heterocycles. The fraction of sp³-hybridized carbons (Fsp3) is 0.182. The van der Waals surface area contributed by atoms with Crippen molar-refractivity contribution in [3.05, 3.63) is 87.6 Å². The summed E-state index contributed by atoms with van der Waals surface area (Å²) in [4.78, 5) is 26.4. The van der Waals surface area contributed by atoms with Gasteiger partial charge in [-0.25, -0.2) is 8.42 Å². The molecule has 29 heavy (non-hydrogen) atoms. The van der Waals surface area contributed by atoms with Gasteiger partial charge in [-0.3, -0.25) is 9.59 Å². The van der Waals surface area contributed by atoms with Crippen LogP contribution in [0, 0.1) is 0 Å². The van der Waals surface area contributed by atoms with Crippen LogP contribution >= 0.6 is 11.3 Å². The van der Waals surface area contributed by atoms with E-state index in [0.29, 0.717) is 29.8 Å². The molecule has 0 spiro atoms. The number of hydrogen-bond donors (Lipinski definition) is 1. The third-order valence-corrected chi connectivity index (χ3v) is 6.59. The van der Waals surface area contributed by atoms with Crippen molar-refractivity contribution in [1.82, 2.24) is 5.32 Å². The Morgan fingerprint density at radius 1 is 0.931 bits per heavy atom. The highest BCUT2D eigenvalue weighted by atomic mass is 32.2. The van der Waals surface area contributed by atoms with E-state index in [9.17, 15) is 18.0 Å². The van der Waals surface area contributed by atoms with E-state index in [1.807, 2.05) is 24.3 Å². The summed E-state index contributed by atoms with van der Waals surface area (Å²) in [6.45, 7) is 0.374. The molecule has 0 radical (unpaired) electrons. The van der Waals surface area contributed by atoms with E-state index in [-0.39, 0.29) is 16.6 Å². The Kier molecular flexibility index (Phi) is 6.61. The van der Waals surface area contributed by atoms with Gasteiger partial charge in [0.1, 0.15) is 0 Å². The van der Waals surface area contributed by atoms with E-state index in [0.717, 1.165) is 10.4 Å². The van der Waals surface area contributed by atoms with E-state index >= 15 is 0 Å². The van der Waals surface area contributed by atoms with Crippen molar-refractivity contribution in [2.24, 2.45) is 0 Å². The lowest BCUT2D eigenvalue weighted by atomic mass is 10.1. The number of thiophene rings is 1. The SMILES string of the molecule is CS(=O)(=O)c1ccc(CCC(=O)NCc2ccc(C(=O)c3ccccc3)s2)cc1. The summed E-state index contributed by atoms with van der Waals surface area (Å²) in [5.74, 6) is -0.118. The number of rotatable bonds is 8. The number of benzene rings is 2. The van der Waals surface area contributed by atoms with Crippen molar-refractivity contribution in [2.45, 2.75) is 24.3 Å². The number of hydrogen-bond acceptors (Lipinski definition) is 5. The molecule has 1 heterocycles. The van der Waals surface area contributed by atoms with Crippen LogP contribution < -0.4 is 5.32 Å². The van der Waals surface area contributed by atoms with Crippen molar-refractivity contribution in [2.75, 3.05) is 6.26 Å². The average Bonchev–Trinajstić information content (AvgIpc) is 3.19. The smallest absolute Gasteiger partial charge is 0.220 e. The van der Waals surface area contributed by atoms with Gasteiger partial charge in [0, 0.05) is 23.1 Å². The number of nitrogens with one attached hydrogen (secondary N) is 1. The van der Waals surface area contributed by atoms with Gasteiger partial charge < -0.3 is 5.32 Å². The molecule has 0 saturated carbocycles. The quantitative estimate of drug-likeness (QED) is 0.557. The van der Waals surface area contributed by atoms with Gasteiger partial charge in [0.15, 0.2) is 9.84 Å². The number of sulfone groups is 1. The lowest BCUT2D eigenvalue weighted by Crippen LogP contribution is -2.22. The zero-order chi connectivity index (χ0) is 20.9. The lowest BCUT2D eigenvalue weighted by Gasteiger charge is -2.05. The van der Waals surface area contributed by atoms with E-state index in [2.05, 4.69) is 5.32 Å². The second kappa shape index (κ2) is 9.15. The van der Waals surface area contributed by atoms with E-state index in [1.54, 1.807) is 42.5 Å². The van der Waals surface area contributed by atoms with Gasteiger partial charge in [-0.15, -0.1) is 11.3 Å². The fourth-order valence-electron chi connectivity index (χ4n) is 2.76. The van der Waals surface area contributed by atoms with Crippen LogP contribution in [-0.2, 0) is 27.6 Å². The minimum atomic E-state index is -3.21. The van der Waals surface area contributed by atoms with Crippen LogP contribution in [0.2, 0.25) is 0 Å². The molecule has 3 aromatic rings. The molecule has 7 heteroatoms. The Labute approximate surface area is 174 Å². The molecule has 0 atom stereocenters. The maximum atomic E-state index is 12.4. The van der Waals surface area contributed by atoms with Crippen LogP contribution in [0.3, 0.4) is 0 Å². The lowest BCUT2D eigenvalue weighted by molar-refractivity contribution is -0.121. The standard InChI is InChI=1S/C22H21NO4S2/c1-29(26,27)19-11-7-16(8-12-19)9-14-21(24)23-15-18-10-13-20(28-18)22(25)17-5-3-2-4-6-17/h2-8,10-13H,9,14-15H2,1H3,(H,23,24). The number of ketones is 1. The summed E-state index contributed by atoms with van der Waals surface area (Å²) in [7, 11) is -3.21. The predicted octanol–water partition coefficient (Wildman–Crippen LogP) is 3.63. The highest BCUT2D eigenvalue weighted by molar-refractivity contribution is 7.90. The Morgan fingerprint density at radius 3 is 2.28 bits per heavy atom. The summed E-state index contributed by atoms with van der Waals surface area (Å²) >= 11 is 1.38. The van der Waals surface area contributed by atoms with Gasteiger partial charge in [-0.2, -0.15) is 0 Å². The molecule has 150 valence electrons. The maximum absolute atomic E-state index is 12.4. The van der Waals surface area contributed by atoms with E-state index < -0.39 is 9.84 Å². The van der Waals surface area contributed by atoms with Gasteiger partial charge in [-0.1, -0.05) is 42.5 Å². The Hall–Kier alpha value is -2.77. The highest BCUT2D eigenvalue weighted by Gasteiger charge is 2.12. The molecule has 1 N–H and O–H groups in total. The summed E-state index contributed by atoms with van der Waals surface area (Å²) in [6, 6.07) is 19.3. The average molecular weight is 428 g/mol. The van der Waals surface area contributed by atoms with Gasteiger partial charge in [0.25, 0.3) is 0 Å². The maximum Gasteiger partial charge on any atom is 0.220 e. The first kappa shape index (κ1) is 21.0. The normalized spacial score (nSPS) is 11.2.